The number of hydrogen-bond acceptors (Lipinski definition) is 5. The highest BCUT2D eigenvalue weighted by Crippen LogP contribution is 2.51. The van der Waals surface area contributed by atoms with Gasteiger partial charge in [0.25, 0.3) is 0 Å². The van der Waals surface area contributed by atoms with Gasteiger partial charge in [-0.1, -0.05) is 18.2 Å². The molecule has 5 heteroatoms. The summed E-state index contributed by atoms with van der Waals surface area (Å²) in [4.78, 5) is 17.7. The van der Waals surface area contributed by atoms with Crippen LogP contribution in [0.3, 0.4) is 0 Å². The van der Waals surface area contributed by atoms with Crippen LogP contribution < -0.4 is 5.48 Å². The SMILES string of the molecule is O=C1CCC2(C[C@H]1ONc1ccccc1)SCCCS2. The fourth-order valence-electron chi connectivity index (χ4n) is 2.60. The van der Waals surface area contributed by atoms with E-state index in [1.807, 2.05) is 53.9 Å². The average molecular weight is 309 g/mol. The molecule has 0 unspecified atom stereocenters. The number of carbonyl (C=O) groups excluding carboxylic acids is 1. The predicted octanol–water partition coefficient (Wildman–Crippen LogP) is 3.72. The molecule has 1 atom stereocenters. The molecule has 20 heavy (non-hydrogen) atoms. The highest BCUT2D eigenvalue weighted by Gasteiger charge is 2.43. The molecule has 1 aliphatic heterocycles. The number of Topliss-reactive ketones (excluding diaryl/α,β-unsaturated/α-hetero) is 1. The molecule has 3 rings (SSSR count). The third-order valence-corrected chi connectivity index (χ3v) is 7.21. The molecule has 1 N–H and O–H groups in total. The lowest BCUT2D eigenvalue weighted by atomic mass is 9.95. The van der Waals surface area contributed by atoms with Gasteiger partial charge in [-0.05, 0) is 36.5 Å². The highest BCUT2D eigenvalue weighted by atomic mass is 32.2. The van der Waals surface area contributed by atoms with Crippen molar-refractivity contribution in [2.45, 2.75) is 35.9 Å². The lowest BCUT2D eigenvalue weighted by molar-refractivity contribution is -0.131. The van der Waals surface area contributed by atoms with Crippen molar-refractivity contribution in [1.82, 2.24) is 0 Å². The number of nitrogens with one attached hydrogen (secondary N) is 1. The van der Waals surface area contributed by atoms with Crippen LogP contribution in [-0.2, 0) is 9.63 Å². The van der Waals surface area contributed by atoms with E-state index >= 15 is 0 Å². The Morgan fingerprint density at radius 2 is 1.95 bits per heavy atom. The van der Waals surface area contributed by atoms with Crippen LogP contribution in [-0.4, -0.2) is 27.5 Å². The third kappa shape index (κ3) is 3.32. The number of anilines is 1. The van der Waals surface area contributed by atoms with Crippen LogP contribution in [0.25, 0.3) is 0 Å². The Kier molecular flexibility index (Phi) is 4.58. The number of ketones is 1. The summed E-state index contributed by atoms with van der Waals surface area (Å²) in [7, 11) is 0. The fourth-order valence-corrected chi connectivity index (χ4v) is 5.97. The molecule has 1 aromatic carbocycles. The molecule has 1 spiro atoms. The van der Waals surface area contributed by atoms with Gasteiger partial charge >= 0.3 is 0 Å². The van der Waals surface area contributed by atoms with Crippen molar-refractivity contribution in [2.75, 3.05) is 17.0 Å². The Bertz CT molecular complexity index is 460. The van der Waals surface area contributed by atoms with Crippen LogP contribution in [0.5, 0.6) is 0 Å². The summed E-state index contributed by atoms with van der Waals surface area (Å²) in [5, 5.41) is 0. The molecule has 1 saturated carbocycles. The van der Waals surface area contributed by atoms with Crippen molar-refractivity contribution in [3.8, 4) is 0 Å². The van der Waals surface area contributed by atoms with E-state index in [2.05, 4.69) is 5.48 Å². The largest absolute Gasteiger partial charge is 0.297 e. The van der Waals surface area contributed by atoms with E-state index in [0.717, 1.165) is 18.5 Å². The Balaban J connectivity index is 1.61. The van der Waals surface area contributed by atoms with Gasteiger partial charge in [0.05, 0.1) is 9.77 Å². The zero-order chi connectivity index (χ0) is 13.8. The molecule has 1 heterocycles. The first-order valence-corrected chi connectivity index (χ1v) is 9.02. The van der Waals surface area contributed by atoms with Crippen molar-refractivity contribution in [3.63, 3.8) is 0 Å². The molecule has 108 valence electrons. The Labute approximate surface area is 128 Å². The van der Waals surface area contributed by atoms with Crippen LogP contribution in [0.15, 0.2) is 30.3 Å². The minimum atomic E-state index is -0.318. The summed E-state index contributed by atoms with van der Waals surface area (Å²) in [5.41, 5.74) is 3.82. The second-order valence-corrected chi connectivity index (χ2v) is 8.42. The van der Waals surface area contributed by atoms with E-state index in [1.54, 1.807) is 0 Å². The zero-order valence-corrected chi connectivity index (χ0v) is 13.0. The van der Waals surface area contributed by atoms with Gasteiger partial charge in [-0.2, -0.15) is 0 Å². The lowest BCUT2D eigenvalue weighted by Gasteiger charge is -2.41. The highest BCUT2D eigenvalue weighted by molar-refractivity contribution is 8.18. The van der Waals surface area contributed by atoms with Crippen molar-refractivity contribution in [2.24, 2.45) is 0 Å². The van der Waals surface area contributed by atoms with E-state index in [4.69, 9.17) is 4.84 Å². The standard InChI is InChI=1S/C15H19NO2S2/c17-13-7-8-15(19-9-4-10-20-15)11-14(13)18-16-12-5-2-1-3-6-12/h1-3,5-6,14,16H,4,7-11H2/t14-/m1/s1. The van der Waals surface area contributed by atoms with Gasteiger partial charge in [0.1, 0.15) is 6.10 Å². The Morgan fingerprint density at radius 3 is 2.70 bits per heavy atom. The van der Waals surface area contributed by atoms with Gasteiger partial charge in [-0.15, -0.1) is 23.5 Å². The quantitative estimate of drug-likeness (QED) is 0.862. The molecule has 1 aliphatic carbocycles. The molecule has 2 aliphatic rings. The van der Waals surface area contributed by atoms with E-state index in [1.165, 1.54) is 17.9 Å². The molecule has 1 aromatic rings. The minimum Gasteiger partial charge on any atom is -0.297 e. The summed E-state index contributed by atoms with van der Waals surface area (Å²) < 4.78 is 0.204. The van der Waals surface area contributed by atoms with Gasteiger partial charge in [0.15, 0.2) is 5.78 Å². The van der Waals surface area contributed by atoms with Crippen molar-refractivity contribution in [3.05, 3.63) is 30.3 Å². The first-order valence-electron chi connectivity index (χ1n) is 7.05. The molecule has 3 nitrogen and oxygen atoms in total. The van der Waals surface area contributed by atoms with Crippen LogP contribution in [0.2, 0.25) is 0 Å². The maximum Gasteiger partial charge on any atom is 0.164 e. The first-order chi connectivity index (χ1) is 9.77. The summed E-state index contributed by atoms with van der Waals surface area (Å²) in [6.45, 7) is 0. The van der Waals surface area contributed by atoms with Crippen LogP contribution in [0, 0.1) is 0 Å². The van der Waals surface area contributed by atoms with Gasteiger partial charge in [-0.3, -0.25) is 15.1 Å². The number of benzene rings is 1. The smallest absolute Gasteiger partial charge is 0.164 e. The molecule has 0 radical (unpaired) electrons. The third-order valence-electron chi connectivity index (χ3n) is 3.72. The molecule has 2 fully saturated rings. The zero-order valence-electron chi connectivity index (χ0n) is 11.3. The normalized spacial score (nSPS) is 25.6. The molecule has 0 bridgehead atoms. The van der Waals surface area contributed by atoms with Gasteiger partial charge in [0.2, 0.25) is 0 Å². The predicted molar refractivity (Wildman–Crippen MR) is 86.1 cm³/mol. The van der Waals surface area contributed by atoms with Crippen molar-refractivity contribution in [1.29, 1.82) is 0 Å². The maximum atomic E-state index is 12.1. The number of hydrogen-bond donors (Lipinski definition) is 1. The maximum absolute atomic E-state index is 12.1. The topological polar surface area (TPSA) is 38.3 Å². The Hall–Kier alpha value is -0.650. The van der Waals surface area contributed by atoms with E-state index in [0.29, 0.717) is 6.42 Å². The van der Waals surface area contributed by atoms with E-state index in [9.17, 15) is 4.79 Å². The minimum absolute atomic E-state index is 0.204. The van der Waals surface area contributed by atoms with Crippen molar-refractivity contribution >= 4 is 35.0 Å². The summed E-state index contributed by atoms with van der Waals surface area (Å²) >= 11 is 4.03. The van der Waals surface area contributed by atoms with E-state index < -0.39 is 0 Å². The second-order valence-electron chi connectivity index (χ2n) is 5.21. The average Bonchev–Trinajstić information content (AvgIpc) is 2.50. The number of rotatable bonds is 3. The molecular weight excluding hydrogens is 290 g/mol. The first kappa shape index (κ1) is 14.3. The second kappa shape index (κ2) is 6.41. The number of thioether (sulfide) groups is 2. The van der Waals surface area contributed by atoms with Crippen LogP contribution in [0.1, 0.15) is 25.7 Å². The van der Waals surface area contributed by atoms with Crippen LogP contribution >= 0.6 is 23.5 Å². The number of carbonyl (C=O) groups is 1. The van der Waals surface area contributed by atoms with E-state index in [-0.39, 0.29) is 16.0 Å². The Morgan fingerprint density at radius 1 is 1.20 bits per heavy atom. The number of para-hydroxylation sites is 1. The molecule has 0 amide bonds. The molecule has 0 aromatic heterocycles. The summed E-state index contributed by atoms with van der Waals surface area (Å²) in [6.07, 6.45) is 3.41. The fraction of sp³-hybridized carbons (Fsp3) is 0.533. The molecular formula is C15H19NO2S2. The van der Waals surface area contributed by atoms with Crippen molar-refractivity contribution < 1.29 is 9.63 Å². The summed E-state index contributed by atoms with van der Waals surface area (Å²) in [6, 6.07) is 9.73. The lowest BCUT2D eigenvalue weighted by Crippen LogP contribution is -2.42. The molecule has 1 saturated heterocycles. The van der Waals surface area contributed by atoms with Gasteiger partial charge in [-0.25, -0.2) is 0 Å². The monoisotopic (exact) mass is 309 g/mol. The van der Waals surface area contributed by atoms with Gasteiger partial charge in [0, 0.05) is 12.8 Å². The summed E-state index contributed by atoms with van der Waals surface area (Å²) in [5.74, 6) is 2.64. The van der Waals surface area contributed by atoms with Crippen LogP contribution in [0.4, 0.5) is 5.69 Å². The van der Waals surface area contributed by atoms with Gasteiger partial charge < -0.3 is 0 Å².